The Kier molecular flexibility index (Phi) is 6.25. The molecule has 0 aliphatic rings. The molecule has 0 fully saturated rings. The SMILES string of the molecule is C#C[C@@H](c1cccc2ccccc12)c1cn([Si](C(C)C)(C(C)C)C(C)C)c2cc(F)ccc12. The summed E-state index contributed by atoms with van der Waals surface area (Å²) in [6.07, 6.45) is 8.50. The number of benzene rings is 3. The van der Waals surface area contributed by atoms with Gasteiger partial charge in [0.15, 0.2) is 8.24 Å². The van der Waals surface area contributed by atoms with Crippen LogP contribution in [0.5, 0.6) is 0 Å². The van der Waals surface area contributed by atoms with E-state index in [9.17, 15) is 4.39 Å². The van der Waals surface area contributed by atoms with E-state index < -0.39 is 8.24 Å². The van der Waals surface area contributed by atoms with E-state index in [4.69, 9.17) is 6.42 Å². The molecule has 0 aliphatic carbocycles. The summed E-state index contributed by atoms with van der Waals surface area (Å²) in [5.74, 6) is 2.69. The molecule has 3 aromatic carbocycles. The fraction of sp³-hybridized carbons (Fsp3) is 0.333. The molecule has 0 N–H and O–H groups in total. The highest BCUT2D eigenvalue weighted by molar-refractivity contribution is 6.82. The van der Waals surface area contributed by atoms with Gasteiger partial charge in [-0.25, -0.2) is 4.39 Å². The third-order valence-electron chi connectivity index (χ3n) is 7.60. The Hall–Kier alpha value is -2.83. The van der Waals surface area contributed by atoms with Crippen molar-refractivity contribution in [2.75, 3.05) is 0 Å². The van der Waals surface area contributed by atoms with Gasteiger partial charge in [0.2, 0.25) is 0 Å². The maximum absolute atomic E-state index is 14.6. The summed E-state index contributed by atoms with van der Waals surface area (Å²) in [6.45, 7) is 14.0. The third-order valence-corrected chi connectivity index (χ3v) is 14.4. The standard InChI is InChI=1S/C30H34FNSi/c1-8-25(27-15-11-13-23-12-9-10-14-26(23)27)29-19-32(30-18-24(31)16-17-28(29)30)33(20(2)3,21(4)5)22(6)7/h1,9-22,25H,2-7H3/t25-/m0/s1. The highest BCUT2D eigenvalue weighted by atomic mass is 28.3. The molecule has 0 radical (unpaired) electrons. The van der Waals surface area contributed by atoms with Gasteiger partial charge in [-0.15, -0.1) is 6.42 Å². The average Bonchev–Trinajstić information content (AvgIpc) is 3.12. The molecule has 170 valence electrons. The average molecular weight is 456 g/mol. The second kappa shape index (κ2) is 8.84. The van der Waals surface area contributed by atoms with Gasteiger partial charge in [-0.2, -0.15) is 0 Å². The first-order chi connectivity index (χ1) is 15.7. The van der Waals surface area contributed by atoms with Gasteiger partial charge in [-0.1, -0.05) is 89.9 Å². The highest BCUT2D eigenvalue weighted by Gasteiger charge is 2.46. The minimum Gasteiger partial charge on any atom is -0.373 e. The molecule has 0 spiro atoms. The van der Waals surface area contributed by atoms with Gasteiger partial charge >= 0.3 is 0 Å². The summed E-state index contributed by atoms with van der Waals surface area (Å²) >= 11 is 0. The molecule has 3 heteroatoms. The molecule has 0 unspecified atom stereocenters. The number of hydrogen-bond donors (Lipinski definition) is 0. The number of fused-ring (bicyclic) bond motifs is 2. The fourth-order valence-electron chi connectivity index (χ4n) is 6.46. The molecular formula is C30H34FNSi. The molecule has 0 saturated heterocycles. The minimum atomic E-state index is -2.10. The van der Waals surface area contributed by atoms with Crippen LogP contribution in [0.2, 0.25) is 16.6 Å². The van der Waals surface area contributed by atoms with Crippen molar-refractivity contribution in [3.63, 3.8) is 0 Å². The molecule has 1 aromatic heterocycles. The van der Waals surface area contributed by atoms with Crippen molar-refractivity contribution in [3.05, 3.63) is 83.8 Å². The van der Waals surface area contributed by atoms with E-state index in [1.807, 2.05) is 6.07 Å². The molecule has 0 bridgehead atoms. The largest absolute Gasteiger partial charge is 0.373 e. The van der Waals surface area contributed by atoms with Crippen molar-refractivity contribution in [3.8, 4) is 12.3 Å². The van der Waals surface area contributed by atoms with E-state index in [0.29, 0.717) is 16.6 Å². The smallest absolute Gasteiger partial charge is 0.169 e. The molecular weight excluding hydrogens is 421 g/mol. The Morgan fingerprint density at radius 2 is 1.42 bits per heavy atom. The van der Waals surface area contributed by atoms with Crippen LogP contribution < -0.4 is 0 Å². The second-order valence-corrected chi connectivity index (χ2v) is 15.9. The molecule has 1 heterocycles. The van der Waals surface area contributed by atoms with Crippen LogP contribution in [0, 0.1) is 18.2 Å². The Balaban J connectivity index is 2.07. The Morgan fingerprint density at radius 1 is 0.788 bits per heavy atom. The number of hydrogen-bond acceptors (Lipinski definition) is 0. The maximum atomic E-state index is 14.6. The van der Waals surface area contributed by atoms with E-state index in [2.05, 4.69) is 100 Å². The number of nitrogens with zero attached hydrogens (tertiary/aromatic N) is 1. The van der Waals surface area contributed by atoms with E-state index in [1.165, 1.54) is 10.8 Å². The topological polar surface area (TPSA) is 4.93 Å². The summed E-state index contributed by atoms with van der Waals surface area (Å²) in [4.78, 5) is 0. The summed E-state index contributed by atoms with van der Waals surface area (Å²) < 4.78 is 17.1. The zero-order chi connectivity index (χ0) is 23.9. The lowest BCUT2D eigenvalue weighted by Crippen LogP contribution is -2.51. The Labute approximate surface area is 198 Å². The van der Waals surface area contributed by atoms with Crippen molar-refractivity contribution < 1.29 is 4.39 Å². The van der Waals surface area contributed by atoms with Crippen LogP contribution in [0.1, 0.15) is 58.6 Å². The van der Waals surface area contributed by atoms with Crippen molar-refractivity contribution in [2.24, 2.45) is 0 Å². The van der Waals surface area contributed by atoms with Crippen molar-refractivity contribution in [2.45, 2.75) is 64.1 Å². The lowest BCUT2D eigenvalue weighted by Gasteiger charge is -2.44. The molecule has 4 rings (SSSR count). The van der Waals surface area contributed by atoms with Crippen molar-refractivity contribution >= 4 is 29.9 Å². The molecule has 0 amide bonds. The van der Waals surface area contributed by atoms with Crippen LogP contribution in [-0.4, -0.2) is 12.5 Å². The molecule has 0 saturated carbocycles. The van der Waals surface area contributed by atoms with Crippen LogP contribution >= 0.6 is 0 Å². The van der Waals surface area contributed by atoms with Gasteiger partial charge in [-0.05, 0) is 56.7 Å². The predicted octanol–water partition coefficient (Wildman–Crippen LogP) is 8.72. The van der Waals surface area contributed by atoms with Crippen molar-refractivity contribution in [1.82, 2.24) is 4.23 Å². The third kappa shape index (κ3) is 3.61. The van der Waals surface area contributed by atoms with E-state index in [1.54, 1.807) is 12.1 Å². The predicted molar refractivity (Wildman–Crippen MR) is 143 cm³/mol. The summed E-state index contributed by atoms with van der Waals surface area (Å²) in [7, 11) is -2.10. The summed E-state index contributed by atoms with van der Waals surface area (Å²) in [6, 6.07) is 19.9. The van der Waals surface area contributed by atoms with Crippen LogP contribution in [0.4, 0.5) is 4.39 Å². The number of rotatable bonds is 6. The highest BCUT2D eigenvalue weighted by Crippen LogP contribution is 2.46. The molecule has 1 nitrogen and oxygen atoms in total. The molecule has 1 atom stereocenters. The summed E-state index contributed by atoms with van der Waals surface area (Å²) in [5.41, 5.74) is 4.68. The number of halogens is 1. The van der Waals surface area contributed by atoms with E-state index in [0.717, 1.165) is 22.0 Å². The number of aromatic nitrogens is 1. The monoisotopic (exact) mass is 455 g/mol. The number of terminal acetylenes is 1. The van der Waals surface area contributed by atoms with Crippen LogP contribution in [0.15, 0.2) is 66.9 Å². The first kappa shape index (κ1) is 23.3. The van der Waals surface area contributed by atoms with E-state index in [-0.39, 0.29) is 11.7 Å². The van der Waals surface area contributed by atoms with Gasteiger partial charge in [-0.3, -0.25) is 0 Å². The fourth-order valence-corrected chi connectivity index (χ4v) is 13.1. The van der Waals surface area contributed by atoms with E-state index >= 15 is 0 Å². The first-order valence-electron chi connectivity index (χ1n) is 12.0. The van der Waals surface area contributed by atoms with Gasteiger partial charge in [0.25, 0.3) is 0 Å². The van der Waals surface area contributed by atoms with Crippen LogP contribution in [0.25, 0.3) is 21.7 Å². The quantitative estimate of drug-likeness (QED) is 0.202. The molecule has 4 aromatic rings. The second-order valence-electron chi connectivity index (χ2n) is 10.1. The zero-order valence-corrected chi connectivity index (χ0v) is 21.6. The Bertz CT molecular complexity index is 1310. The van der Waals surface area contributed by atoms with Gasteiger partial charge in [0.1, 0.15) is 5.82 Å². The lowest BCUT2D eigenvalue weighted by molar-refractivity contribution is 0.629. The molecule has 0 aliphatic heterocycles. The Morgan fingerprint density at radius 3 is 2.06 bits per heavy atom. The minimum absolute atomic E-state index is 0.199. The molecule has 33 heavy (non-hydrogen) atoms. The van der Waals surface area contributed by atoms with Crippen molar-refractivity contribution in [1.29, 1.82) is 0 Å². The van der Waals surface area contributed by atoms with Crippen LogP contribution in [-0.2, 0) is 0 Å². The first-order valence-corrected chi connectivity index (χ1v) is 14.2. The zero-order valence-electron chi connectivity index (χ0n) is 20.6. The lowest BCUT2D eigenvalue weighted by atomic mass is 9.88. The van der Waals surface area contributed by atoms with Crippen LogP contribution in [0.3, 0.4) is 0 Å². The van der Waals surface area contributed by atoms with Gasteiger partial charge in [0, 0.05) is 17.1 Å². The summed E-state index contributed by atoms with van der Waals surface area (Å²) in [5, 5.41) is 3.41. The normalized spacial score (nSPS) is 13.4. The van der Waals surface area contributed by atoms with Gasteiger partial charge in [0.05, 0.1) is 5.92 Å². The van der Waals surface area contributed by atoms with Gasteiger partial charge < -0.3 is 4.23 Å². The maximum Gasteiger partial charge on any atom is 0.169 e.